The van der Waals surface area contributed by atoms with E-state index in [4.69, 9.17) is 0 Å². The molecule has 100 valence electrons. The van der Waals surface area contributed by atoms with Gasteiger partial charge in [0.05, 0.1) is 0 Å². The van der Waals surface area contributed by atoms with E-state index in [0.717, 1.165) is 12.0 Å². The molecule has 0 saturated carbocycles. The minimum Gasteiger partial charge on any atom is -0.317 e. The maximum Gasteiger partial charge on any atom is 0.0117 e. The number of hydrogen-bond acceptors (Lipinski definition) is 3. The summed E-state index contributed by atoms with van der Waals surface area (Å²) in [6.45, 7) is 10.2. The zero-order valence-electron chi connectivity index (χ0n) is 11.6. The molecule has 0 spiro atoms. The smallest absolute Gasteiger partial charge is 0.0117 e. The molecule has 2 aliphatic rings. The van der Waals surface area contributed by atoms with Crippen LogP contribution in [-0.2, 0) is 0 Å². The predicted octanol–water partition coefficient (Wildman–Crippen LogP) is 1.40. The molecular formula is C14H29N3. The van der Waals surface area contributed by atoms with Gasteiger partial charge in [0, 0.05) is 25.7 Å². The molecule has 0 amide bonds. The Bertz CT molecular complexity index is 214. The highest BCUT2D eigenvalue weighted by molar-refractivity contribution is 4.84. The van der Waals surface area contributed by atoms with E-state index in [9.17, 15) is 0 Å². The second kappa shape index (κ2) is 6.72. The van der Waals surface area contributed by atoms with Gasteiger partial charge >= 0.3 is 0 Å². The molecule has 2 fully saturated rings. The van der Waals surface area contributed by atoms with Crippen LogP contribution < -0.4 is 5.32 Å². The van der Waals surface area contributed by atoms with Crippen molar-refractivity contribution in [2.75, 3.05) is 46.3 Å². The van der Waals surface area contributed by atoms with Gasteiger partial charge in [0.15, 0.2) is 0 Å². The van der Waals surface area contributed by atoms with Gasteiger partial charge < -0.3 is 15.1 Å². The Kier molecular flexibility index (Phi) is 5.26. The molecule has 2 rings (SSSR count). The number of rotatable bonds is 5. The maximum absolute atomic E-state index is 3.49. The van der Waals surface area contributed by atoms with E-state index >= 15 is 0 Å². The summed E-state index contributed by atoms with van der Waals surface area (Å²) in [5.74, 6) is 0.854. The lowest BCUT2D eigenvalue weighted by Gasteiger charge is -2.38. The largest absolute Gasteiger partial charge is 0.317 e. The molecule has 2 aliphatic heterocycles. The van der Waals surface area contributed by atoms with Crippen molar-refractivity contribution in [2.45, 2.75) is 38.6 Å². The quantitative estimate of drug-likeness (QED) is 0.782. The monoisotopic (exact) mass is 239 g/mol. The van der Waals surface area contributed by atoms with E-state index < -0.39 is 0 Å². The topological polar surface area (TPSA) is 18.5 Å². The lowest BCUT2D eigenvalue weighted by molar-refractivity contribution is 0.126. The Morgan fingerprint density at radius 2 is 1.76 bits per heavy atom. The van der Waals surface area contributed by atoms with Gasteiger partial charge in [-0.15, -0.1) is 0 Å². The molecule has 0 aromatic heterocycles. The zero-order chi connectivity index (χ0) is 12.1. The van der Waals surface area contributed by atoms with Crippen LogP contribution in [0.4, 0.5) is 0 Å². The molecule has 0 bridgehead atoms. The van der Waals surface area contributed by atoms with Gasteiger partial charge in [-0.3, -0.25) is 0 Å². The molecule has 0 radical (unpaired) electrons. The Morgan fingerprint density at radius 3 is 2.41 bits per heavy atom. The third-order valence-corrected chi connectivity index (χ3v) is 4.64. The summed E-state index contributed by atoms with van der Waals surface area (Å²) in [6.07, 6.45) is 5.47. The van der Waals surface area contributed by atoms with Crippen molar-refractivity contribution in [1.29, 1.82) is 0 Å². The first kappa shape index (κ1) is 13.3. The van der Waals surface area contributed by atoms with Crippen LogP contribution in [0.1, 0.15) is 32.6 Å². The molecule has 2 atom stereocenters. The molecular weight excluding hydrogens is 210 g/mol. The van der Waals surface area contributed by atoms with Crippen LogP contribution in [0.2, 0.25) is 0 Å². The molecule has 2 heterocycles. The SMILES string of the molecule is CCC1CN(CCN2CCCC2)CCC1NC. The summed E-state index contributed by atoms with van der Waals surface area (Å²) < 4.78 is 0. The first-order valence-corrected chi connectivity index (χ1v) is 7.45. The van der Waals surface area contributed by atoms with E-state index in [1.165, 1.54) is 65.0 Å². The second-order valence-corrected chi connectivity index (χ2v) is 5.70. The van der Waals surface area contributed by atoms with Crippen LogP contribution in [0, 0.1) is 5.92 Å². The fourth-order valence-corrected chi connectivity index (χ4v) is 3.39. The molecule has 3 heteroatoms. The molecule has 0 aliphatic carbocycles. The third-order valence-electron chi connectivity index (χ3n) is 4.64. The summed E-state index contributed by atoms with van der Waals surface area (Å²) in [5, 5.41) is 3.49. The Morgan fingerprint density at radius 1 is 1.06 bits per heavy atom. The lowest BCUT2D eigenvalue weighted by Crippen LogP contribution is -2.49. The number of hydrogen-bond donors (Lipinski definition) is 1. The van der Waals surface area contributed by atoms with Crippen molar-refractivity contribution in [3.63, 3.8) is 0 Å². The van der Waals surface area contributed by atoms with Crippen LogP contribution in [0.25, 0.3) is 0 Å². The van der Waals surface area contributed by atoms with E-state index in [-0.39, 0.29) is 0 Å². The van der Waals surface area contributed by atoms with Crippen LogP contribution >= 0.6 is 0 Å². The van der Waals surface area contributed by atoms with Gasteiger partial charge in [0.25, 0.3) is 0 Å². The first-order valence-electron chi connectivity index (χ1n) is 7.45. The summed E-state index contributed by atoms with van der Waals surface area (Å²) in [5.41, 5.74) is 0. The molecule has 0 aromatic rings. The van der Waals surface area contributed by atoms with Crippen molar-refractivity contribution >= 4 is 0 Å². The first-order chi connectivity index (χ1) is 8.33. The van der Waals surface area contributed by atoms with E-state index in [1.54, 1.807) is 0 Å². The van der Waals surface area contributed by atoms with Gasteiger partial charge in [-0.05, 0) is 51.9 Å². The summed E-state index contributed by atoms with van der Waals surface area (Å²) in [4.78, 5) is 5.31. The highest BCUT2D eigenvalue weighted by Crippen LogP contribution is 2.20. The van der Waals surface area contributed by atoms with Crippen molar-refractivity contribution in [2.24, 2.45) is 5.92 Å². The number of nitrogens with zero attached hydrogens (tertiary/aromatic N) is 2. The summed E-state index contributed by atoms with van der Waals surface area (Å²) >= 11 is 0. The molecule has 2 saturated heterocycles. The van der Waals surface area contributed by atoms with E-state index in [0.29, 0.717) is 0 Å². The van der Waals surface area contributed by atoms with Gasteiger partial charge in [-0.1, -0.05) is 13.3 Å². The fraction of sp³-hybridized carbons (Fsp3) is 1.00. The normalized spacial score (nSPS) is 32.1. The number of piperidine rings is 1. The van der Waals surface area contributed by atoms with Crippen molar-refractivity contribution in [3.8, 4) is 0 Å². The average molecular weight is 239 g/mol. The minimum absolute atomic E-state index is 0.753. The van der Waals surface area contributed by atoms with Crippen LogP contribution in [0.5, 0.6) is 0 Å². The van der Waals surface area contributed by atoms with E-state index in [2.05, 4.69) is 29.1 Å². The highest BCUT2D eigenvalue weighted by atomic mass is 15.2. The Balaban J connectivity index is 1.71. The molecule has 3 nitrogen and oxygen atoms in total. The van der Waals surface area contributed by atoms with Gasteiger partial charge in [-0.2, -0.15) is 0 Å². The standard InChI is InChI=1S/C14H29N3/c1-3-13-12-17(9-6-14(13)15-2)11-10-16-7-4-5-8-16/h13-15H,3-12H2,1-2H3. The Labute approximate surface area is 107 Å². The average Bonchev–Trinajstić information content (AvgIpc) is 2.89. The fourth-order valence-electron chi connectivity index (χ4n) is 3.39. The van der Waals surface area contributed by atoms with Crippen LogP contribution in [0.3, 0.4) is 0 Å². The molecule has 17 heavy (non-hydrogen) atoms. The maximum atomic E-state index is 3.49. The van der Waals surface area contributed by atoms with E-state index in [1.807, 2.05) is 0 Å². The van der Waals surface area contributed by atoms with Crippen molar-refractivity contribution in [3.05, 3.63) is 0 Å². The van der Waals surface area contributed by atoms with Crippen LogP contribution in [-0.4, -0.2) is 62.2 Å². The van der Waals surface area contributed by atoms with Crippen molar-refractivity contribution < 1.29 is 0 Å². The second-order valence-electron chi connectivity index (χ2n) is 5.70. The van der Waals surface area contributed by atoms with Crippen LogP contribution in [0.15, 0.2) is 0 Å². The third kappa shape index (κ3) is 3.67. The van der Waals surface area contributed by atoms with Crippen molar-refractivity contribution in [1.82, 2.24) is 15.1 Å². The summed E-state index contributed by atoms with van der Waals surface area (Å²) in [7, 11) is 2.12. The van der Waals surface area contributed by atoms with Gasteiger partial charge in [-0.25, -0.2) is 0 Å². The zero-order valence-corrected chi connectivity index (χ0v) is 11.6. The molecule has 1 N–H and O–H groups in total. The molecule has 2 unspecified atom stereocenters. The molecule has 0 aromatic carbocycles. The lowest BCUT2D eigenvalue weighted by atomic mass is 9.90. The minimum atomic E-state index is 0.753. The summed E-state index contributed by atoms with van der Waals surface area (Å²) in [6, 6.07) is 0.753. The van der Waals surface area contributed by atoms with Gasteiger partial charge in [0.2, 0.25) is 0 Å². The highest BCUT2D eigenvalue weighted by Gasteiger charge is 2.26. The number of likely N-dealkylation sites (tertiary alicyclic amines) is 2. The van der Waals surface area contributed by atoms with Gasteiger partial charge in [0.1, 0.15) is 0 Å². The number of nitrogens with one attached hydrogen (secondary N) is 1. The Hall–Kier alpha value is -0.120. The predicted molar refractivity (Wildman–Crippen MR) is 73.4 cm³/mol.